The van der Waals surface area contributed by atoms with Crippen LogP contribution in [0.2, 0.25) is 0 Å². The lowest BCUT2D eigenvalue weighted by molar-refractivity contribution is 0.103. The normalized spacial score (nSPS) is 9.65. The van der Waals surface area contributed by atoms with Crippen molar-refractivity contribution in [2.75, 3.05) is 0 Å². The molecule has 0 heterocycles. The van der Waals surface area contributed by atoms with Crippen LogP contribution in [0.1, 0.15) is 21.5 Å². The summed E-state index contributed by atoms with van der Waals surface area (Å²) in [5.74, 6) is -0.0537. The molecule has 0 aliphatic heterocycles. The highest BCUT2D eigenvalue weighted by Crippen LogP contribution is 2.21. The van der Waals surface area contributed by atoms with Crippen LogP contribution in [0.15, 0.2) is 53.0 Å². The first-order valence-corrected chi connectivity index (χ1v) is 5.81. The zero-order chi connectivity index (χ0) is 12.3. The maximum Gasteiger partial charge on any atom is 0.194 e. The topological polar surface area (TPSA) is 40.9 Å². The Labute approximate surface area is 108 Å². The van der Waals surface area contributed by atoms with Crippen molar-refractivity contribution in [2.24, 2.45) is 0 Å². The van der Waals surface area contributed by atoms with Crippen molar-refractivity contribution < 1.29 is 4.79 Å². The summed E-state index contributed by atoms with van der Waals surface area (Å²) in [6.07, 6.45) is 0. The number of ketones is 1. The molecule has 0 saturated carbocycles. The molecule has 0 atom stereocenters. The minimum atomic E-state index is -0.0537. The van der Waals surface area contributed by atoms with E-state index in [2.05, 4.69) is 15.9 Å². The molecule has 0 radical (unpaired) electrons. The van der Waals surface area contributed by atoms with Gasteiger partial charge in [0, 0.05) is 15.6 Å². The van der Waals surface area contributed by atoms with E-state index in [0.717, 1.165) is 0 Å². The number of nitrogens with zero attached hydrogens (tertiary/aromatic N) is 1. The van der Waals surface area contributed by atoms with E-state index in [9.17, 15) is 4.79 Å². The first kappa shape index (κ1) is 11.6. The molecule has 0 N–H and O–H groups in total. The van der Waals surface area contributed by atoms with Gasteiger partial charge in [-0.25, -0.2) is 0 Å². The van der Waals surface area contributed by atoms with Crippen LogP contribution in [-0.2, 0) is 0 Å². The van der Waals surface area contributed by atoms with Gasteiger partial charge in [0.15, 0.2) is 5.78 Å². The van der Waals surface area contributed by atoms with Crippen LogP contribution < -0.4 is 0 Å². The Morgan fingerprint density at radius 1 is 1.12 bits per heavy atom. The Morgan fingerprint density at radius 3 is 2.41 bits per heavy atom. The fourth-order valence-corrected chi connectivity index (χ4v) is 2.07. The summed E-state index contributed by atoms with van der Waals surface area (Å²) >= 11 is 3.31. The monoisotopic (exact) mass is 285 g/mol. The lowest BCUT2D eigenvalue weighted by Crippen LogP contribution is -2.02. The maximum atomic E-state index is 12.2. The van der Waals surface area contributed by atoms with Crippen LogP contribution in [0.5, 0.6) is 0 Å². The van der Waals surface area contributed by atoms with Gasteiger partial charge >= 0.3 is 0 Å². The average Bonchev–Trinajstić information content (AvgIpc) is 2.39. The Kier molecular flexibility index (Phi) is 3.36. The third-order valence-electron chi connectivity index (χ3n) is 2.38. The van der Waals surface area contributed by atoms with Gasteiger partial charge in [0.05, 0.1) is 11.6 Å². The van der Waals surface area contributed by atoms with E-state index in [-0.39, 0.29) is 5.78 Å². The van der Waals surface area contributed by atoms with E-state index in [4.69, 9.17) is 5.26 Å². The van der Waals surface area contributed by atoms with Gasteiger partial charge in [-0.2, -0.15) is 5.26 Å². The second-order valence-corrected chi connectivity index (χ2v) is 4.36. The molecule has 82 valence electrons. The van der Waals surface area contributed by atoms with Gasteiger partial charge in [-0.05, 0) is 34.1 Å². The van der Waals surface area contributed by atoms with Crippen LogP contribution in [0.3, 0.4) is 0 Å². The Morgan fingerprint density at radius 2 is 1.82 bits per heavy atom. The number of hydrogen-bond acceptors (Lipinski definition) is 2. The van der Waals surface area contributed by atoms with Crippen molar-refractivity contribution in [2.45, 2.75) is 0 Å². The lowest BCUT2D eigenvalue weighted by Gasteiger charge is -2.03. The zero-order valence-electron chi connectivity index (χ0n) is 8.85. The fraction of sp³-hybridized carbons (Fsp3) is 0. The number of benzene rings is 2. The van der Waals surface area contributed by atoms with E-state index in [1.165, 1.54) is 0 Å². The van der Waals surface area contributed by atoms with Gasteiger partial charge in [-0.1, -0.05) is 30.3 Å². The summed E-state index contributed by atoms with van der Waals surface area (Å²) in [6.45, 7) is 0. The molecule has 0 unspecified atom stereocenters. The van der Waals surface area contributed by atoms with Gasteiger partial charge in [-0.3, -0.25) is 4.79 Å². The average molecular weight is 286 g/mol. The maximum absolute atomic E-state index is 12.2. The Bertz CT molecular complexity index is 599. The number of carbonyl (C=O) groups excluding carboxylic acids is 1. The summed E-state index contributed by atoms with van der Waals surface area (Å²) in [5, 5.41) is 8.75. The van der Waals surface area contributed by atoms with Crippen molar-refractivity contribution in [3.05, 3.63) is 69.7 Å². The van der Waals surface area contributed by atoms with Crippen LogP contribution in [-0.4, -0.2) is 5.78 Å². The van der Waals surface area contributed by atoms with Crippen LogP contribution in [0.4, 0.5) is 0 Å². The van der Waals surface area contributed by atoms with E-state index >= 15 is 0 Å². The number of nitriles is 1. The zero-order valence-corrected chi connectivity index (χ0v) is 10.4. The summed E-state index contributed by atoms with van der Waals surface area (Å²) in [5.41, 5.74) is 1.73. The molecule has 0 bridgehead atoms. The van der Waals surface area contributed by atoms with Crippen LogP contribution in [0.25, 0.3) is 0 Å². The second-order valence-electron chi connectivity index (χ2n) is 3.50. The molecule has 0 spiro atoms. The van der Waals surface area contributed by atoms with Crippen molar-refractivity contribution in [1.29, 1.82) is 5.26 Å². The molecule has 0 aromatic heterocycles. The first-order valence-electron chi connectivity index (χ1n) is 5.02. The third-order valence-corrected chi connectivity index (χ3v) is 3.03. The number of hydrogen-bond donors (Lipinski definition) is 0. The molecule has 2 aromatic rings. The quantitative estimate of drug-likeness (QED) is 0.792. The number of carbonyl (C=O) groups is 1. The molecule has 2 nitrogen and oxygen atoms in total. The molecule has 0 aliphatic carbocycles. The van der Waals surface area contributed by atoms with Gasteiger partial charge in [0.1, 0.15) is 0 Å². The van der Waals surface area contributed by atoms with Gasteiger partial charge < -0.3 is 0 Å². The first-order chi connectivity index (χ1) is 8.22. The fourth-order valence-electron chi connectivity index (χ4n) is 1.51. The summed E-state index contributed by atoms with van der Waals surface area (Å²) in [7, 11) is 0. The Hall–Kier alpha value is -1.92. The van der Waals surface area contributed by atoms with Gasteiger partial charge in [-0.15, -0.1) is 0 Å². The van der Waals surface area contributed by atoms with Crippen LogP contribution in [0, 0.1) is 11.3 Å². The predicted octanol–water partition coefficient (Wildman–Crippen LogP) is 3.55. The molecule has 2 rings (SSSR count). The highest BCUT2D eigenvalue weighted by Gasteiger charge is 2.12. The van der Waals surface area contributed by atoms with E-state index in [1.54, 1.807) is 30.3 Å². The highest BCUT2D eigenvalue weighted by atomic mass is 79.9. The SMILES string of the molecule is N#Cc1ccc(C(=O)c2ccccc2)c(Br)c1. The standard InChI is InChI=1S/C14H8BrNO/c15-13-8-10(9-16)6-7-12(13)14(17)11-4-2-1-3-5-11/h1-8H. The molecule has 2 aromatic carbocycles. The van der Waals surface area contributed by atoms with Gasteiger partial charge in [0.25, 0.3) is 0 Å². The highest BCUT2D eigenvalue weighted by molar-refractivity contribution is 9.10. The van der Waals surface area contributed by atoms with Crippen molar-refractivity contribution in [1.82, 2.24) is 0 Å². The van der Waals surface area contributed by atoms with Crippen molar-refractivity contribution in [3.8, 4) is 6.07 Å². The summed E-state index contributed by atoms with van der Waals surface area (Å²) in [6, 6.07) is 16.0. The van der Waals surface area contributed by atoms with E-state index < -0.39 is 0 Å². The number of rotatable bonds is 2. The largest absolute Gasteiger partial charge is 0.289 e. The van der Waals surface area contributed by atoms with Gasteiger partial charge in [0.2, 0.25) is 0 Å². The molecule has 0 fully saturated rings. The number of halogens is 1. The summed E-state index contributed by atoms with van der Waals surface area (Å²) in [4.78, 5) is 12.2. The third kappa shape index (κ3) is 2.43. The summed E-state index contributed by atoms with van der Waals surface area (Å²) < 4.78 is 0.644. The lowest BCUT2D eigenvalue weighted by atomic mass is 10.0. The smallest absolute Gasteiger partial charge is 0.194 e. The molecule has 17 heavy (non-hydrogen) atoms. The van der Waals surface area contributed by atoms with Crippen molar-refractivity contribution >= 4 is 21.7 Å². The van der Waals surface area contributed by atoms with Crippen molar-refractivity contribution in [3.63, 3.8) is 0 Å². The minimum Gasteiger partial charge on any atom is -0.289 e. The molecular weight excluding hydrogens is 278 g/mol. The second kappa shape index (κ2) is 4.94. The Balaban J connectivity index is 2.43. The van der Waals surface area contributed by atoms with E-state index in [0.29, 0.717) is 21.2 Å². The molecule has 0 saturated heterocycles. The molecular formula is C14H8BrNO. The molecule has 0 aliphatic rings. The minimum absolute atomic E-state index is 0.0537. The van der Waals surface area contributed by atoms with Crippen LogP contribution >= 0.6 is 15.9 Å². The van der Waals surface area contributed by atoms with E-state index in [1.807, 2.05) is 24.3 Å². The molecule has 3 heteroatoms. The molecule has 0 amide bonds. The predicted molar refractivity (Wildman–Crippen MR) is 68.7 cm³/mol.